The molecule has 0 unspecified atom stereocenters. The summed E-state index contributed by atoms with van der Waals surface area (Å²) in [4.78, 5) is 0. The van der Waals surface area contributed by atoms with Gasteiger partial charge in [-0.3, -0.25) is 0 Å². The molecular weight excluding hydrogens is 304 g/mol. The molecule has 1 aliphatic rings. The van der Waals surface area contributed by atoms with Crippen LogP contribution in [0.2, 0.25) is 18.1 Å². The fourth-order valence-electron chi connectivity index (χ4n) is 3.04. The second-order valence-electron chi connectivity index (χ2n) is 5.40. The zero-order chi connectivity index (χ0) is 12.8. The standard InChI is InChI=1S/C15H23BrOSi/c1-17-9-2-10-18-11-7-14(8-12-18)13-3-5-15(16)6-4-13/h3-6,14,18H,2,7-12H2,1H3/t14-,18-. The highest BCUT2D eigenvalue weighted by atomic mass is 79.9. The Morgan fingerprint density at radius 3 is 2.50 bits per heavy atom. The second-order valence-corrected chi connectivity index (χ2v) is 9.78. The summed E-state index contributed by atoms with van der Waals surface area (Å²) in [5, 5.41) is 0. The topological polar surface area (TPSA) is 9.23 Å². The van der Waals surface area contributed by atoms with Crippen LogP contribution in [0.5, 0.6) is 0 Å². The van der Waals surface area contributed by atoms with Crippen LogP contribution in [-0.2, 0) is 4.74 Å². The summed E-state index contributed by atoms with van der Waals surface area (Å²) in [6.07, 6.45) is 4.13. The van der Waals surface area contributed by atoms with Crippen molar-refractivity contribution in [2.75, 3.05) is 13.7 Å². The normalized spacial score (nSPS) is 24.1. The highest BCUT2D eigenvalue weighted by Gasteiger charge is 2.22. The maximum absolute atomic E-state index is 5.15. The molecule has 0 radical (unpaired) electrons. The summed E-state index contributed by atoms with van der Waals surface area (Å²) in [6.45, 7) is 0.958. The van der Waals surface area contributed by atoms with Crippen LogP contribution in [0.25, 0.3) is 0 Å². The summed E-state index contributed by atoms with van der Waals surface area (Å²) in [6, 6.07) is 13.5. The molecule has 0 saturated carbocycles. The predicted molar refractivity (Wildman–Crippen MR) is 84.2 cm³/mol. The molecule has 0 amide bonds. The van der Waals surface area contributed by atoms with Crippen molar-refractivity contribution in [3.63, 3.8) is 0 Å². The van der Waals surface area contributed by atoms with Gasteiger partial charge in [0, 0.05) is 27.0 Å². The van der Waals surface area contributed by atoms with Gasteiger partial charge in [-0.15, -0.1) is 0 Å². The van der Waals surface area contributed by atoms with E-state index in [0.29, 0.717) is 0 Å². The molecule has 1 saturated heterocycles. The second kappa shape index (κ2) is 7.46. The van der Waals surface area contributed by atoms with Gasteiger partial charge in [-0.2, -0.15) is 0 Å². The number of halogens is 1. The Morgan fingerprint density at radius 2 is 1.89 bits per heavy atom. The molecule has 100 valence electrons. The Balaban J connectivity index is 1.77. The molecule has 0 spiro atoms. The maximum atomic E-state index is 5.15. The van der Waals surface area contributed by atoms with Crippen molar-refractivity contribution in [3.8, 4) is 0 Å². The van der Waals surface area contributed by atoms with E-state index < -0.39 is 8.80 Å². The van der Waals surface area contributed by atoms with E-state index in [9.17, 15) is 0 Å². The van der Waals surface area contributed by atoms with E-state index in [0.717, 1.165) is 12.5 Å². The van der Waals surface area contributed by atoms with Crippen molar-refractivity contribution in [2.45, 2.75) is 43.3 Å². The number of methoxy groups -OCH3 is 1. The van der Waals surface area contributed by atoms with E-state index in [1.165, 1.54) is 41.9 Å². The molecular formula is C15H23BrOSi. The van der Waals surface area contributed by atoms with Crippen molar-refractivity contribution in [2.24, 2.45) is 0 Å². The van der Waals surface area contributed by atoms with Gasteiger partial charge in [0.25, 0.3) is 0 Å². The van der Waals surface area contributed by atoms with Crippen LogP contribution in [0.15, 0.2) is 28.7 Å². The first-order valence-electron chi connectivity index (χ1n) is 7.04. The van der Waals surface area contributed by atoms with Crippen LogP contribution in [0, 0.1) is 0 Å². The van der Waals surface area contributed by atoms with E-state index >= 15 is 0 Å². The zero-order valence-electron chi connectivity index (χ0n) is 11.2. The third-order valence-electron chi connectivity index (χ3n) is 4.15. The number of ether oxygens (including phenoxy) is 1. The lowest BCUT2D eigenvalue weighted by Crippen LogP contribution is -2.20. The van der Waals surface area contributed by atoms with Crippen molar-refractivity contribution in [1.82, 2.24) is 0 Å². The lowest BCUT2D eigenvalue weighted by Gasteiger charge is -2.28. The fraction of sp³-hybridized carbons (Fsp3) is 0.600. The van der Waals surface area contributed by atoms with E-state index in [4.69, 9.17) is 4.74 Å². The van der Waals surface area contributed by atoms with Gasteiger partial charge >= 0.3 is 0 Å². The summed E-state index contributed by atoms with van der Waals surface area (Å²) in [5.74, 6) is 0.823. The largest absolute Gasteiger partial charge is 0.385 e. The van der Waals surface area contributed by atoms with Crippen molar-refractivity contribution < 1.29 is 4.74 Å². The van der Waals surface area contributed by atoms with Gasteiger partial charge in [0.05, 0.1) is 0 Å². The van der Waals surface area contributed by atoms with Gasteiger partial charge in [-0.05, 0) is 42.9 Å². The maximum Gasteiger partial charge on any atom is 0.0459 e. The monoisotopic (exact) mass is 326 g/mol. The Morgan fingerprint density at radius 1 is 1.22 bits per heavy atom. The van der Waals surface area contributed by atoms with E-state index in [1.54, 1.807) is 5.56 Å². The first-order valence-corrected chi connectivity index (χ1v) is 10.3. The molecule has 1 fully saturated rings. The Hall–Kier alpha value is -0.123. The van der Waals surface area contributed by atoms with Crippen molar-refractivity contribution >= 4 is 24.7 Å². The number of benzene rings is 1. The number of rotatable bonds is 5. The molecule has 1 heterocycles. The first kappa shape index (κ1) is 14.3. The molecule has 3 heteroatoms. The van der Waals surface area contributed by atoms with E-state index in [1.807, 2.05) is 7.11 Å². The van der Waals surface area contributed by atoms with Gasteiger partial charge in [0.1, 0.15) is 0 Å². The molecule has 0 atom stereocenters. The molecule has 0 aliphatic carbocycles. The predicted octanol–water partition coefficient (Wildman–Crippen LogP) is 4.59. The Bertz CT molecular complexity index is 344. The smallest absolute Gasteiger partial charge is 0.0459 e. The van der Waals surface area contributed by atoms with Crippen LogP contribution < -0.4 is 0 Å². The van der Waals surface area contributed by atoms with Crippen molar-refractivity contribution in [1.29, 1.82) is 0 Å². The van der Waals surface area contributed by atoms with Crippen LogP contribution >= 0.6 is 15.9 Å². The van der Waals surface area contributed by atoms with Gasteiger partial charge in [-0.25, -0.2) is 0 Å². The SMILES string of the molecule is COCCC[Si@H]1CC[C@H](c2ccc(Br)cc2)CC1. The van der Waals surface area contributed by atoms with Gasteiger partial charge in [0.2, 0.25) is 0 Å². The number of hydrogen-bond acceptors (Lipinski definition) is 1. The molecule has 0 bridgehead atoms. The minimum atomic E-state index is -0.419. The van der Waals surface area contributed by atoms with E-state index in [-0.39, 0.29) is 0 Å². The summed E-state index contributed by atoms with van der Waals surface area (Å²) < 4.78 is 6.34. The van der Waals surface area contributed by atoms with Crippen molar-refractivity contribution in [3.05, 3.63) is 34.3 Å². The highest BCUT2D eigenvalue weighted by molar-refractivity contribution is 9.10. The summed E-state index contributed by atoms with van der Waals surface area (Å²) in [7, 11) is 1.39. The zero-order valence-corrected chi connectivity index (χ0v) is 13.9. The fourth-order valence-corrected chi connectivity index (χ4v) is 6.66. The summed E-state index contributed by atoms with van der Waals surface area (Å²) in [5.41, 5.74) is 1.54. The van der Waals surface area contributed by atoms with Crippen LogP contribution in [0.3, 0.4) is 0 Å². The molecule has 1 nitrogen and oxygen atoms in total. The molecule has 0 N–H and O–H groups in total. The molecule has 1 aliphatic heterocycles. The highest BCUT2D eigenvalue weighted by Crippen LogP contribution is 2.35. The number of hydrogen-bond donors (Lipinski definition) is 0. The Labute approximate surface area is 121 Å². The third kappa shape index (κ3) is 4.21. The van der Waals surface area contributed by atoms with Gasteiger partial charge in [-0.1, -0.05) is 46.2 Å². The lowest BCUT2D eigenvalue weighted by molar-refractivity contribution is 0.199. The van der Waals surface area contributed by atoms with Gasteiger partial charge < -0.3 is 4.74 Å². The minimum Gasteiger partial charge on any atom is -0.385 e. The van der Waals surface area contributed by atoms with Crippen LogP contribution in [-0.4, -0.2) is 22.5 Å². The average Bonchev–Trinajstić information content (AvgIpc) is 2.41. The molecule has 0 aromatic heterocycles. The molecule has 1 aromatic carbocycles. The molecule has 18 heavy (non-hydrogen) atoms. The quantitative estimate of drug-likeness (QED) is 0.568. The summed E-state index contributed by atoms with van der Waals surface area (Å²) >= 11 is 3.51. The third-order valence-corrected chi connectivity index (χ3v) is 8.20. The lowest BCUT2D eigenvalue weighted by atomic mass is 9.94. The average molecular weight is 327 g/mol. The van der Waals surface area contributed by atoms with Crippen LogP contribution in [0.1, 0.15) is 30.7 Å². The minimum absolute atomic E-state index is 0.419. The Kier molecular flexibility index (Phi) is 5.92. The molecule has 1 aromatic rings. The van der Waals surface area contributed by atoms with Gasteiger partial charge in [0.15, 0.2) is 0 Å². The van der Waals surface area contributed by atoms with Crippen LogP contribution in [0.4, 0.5) is 0 Å². The van der Waals surface area contributed by atoms with E-state index in [2.05, 4.69) is 40.2 Å². The molecule has 2 rings (SSSR count). The first-order chi connectivity index (χ1) is 8.79.